The molecule has 0 radical (unpaired) electrons. The second kappa shape index (κ2) is 9.94. The van der Waals surface area contributed by atoms with Crippen molar-refractivity contribution in [1.29, 1.82) is 0 Å². The lowest BCUT2D eigenvalue weighted by atomic mass is 10.2. The van der Waals surface area contributed by atoms with Crippen LogP contribution in [0.3, 0.4) is 0 Å². The van der Waals surface area contributed by atoms with Gasteiger partial charge in [-0.15, -0.1) is 0 Å². The lowest BCUT2D eigenvalue weighted by molar-refractivity contribution is 0.0556. The molecule has 0 spiro atoms. The summed E-state index contributed by atoms with van der Waals surface area (Å²) in [6.07, 6.45) is 2.39. The largest absolute Gasteiger partial charge is 0.378 e. The van der Waals surface area contributed by atoms with Gasteiger partial charge in [-0.25, -0.2) is 0 Å². The molecule has 0 N–H and O–H groups in total. The van der Waals surface area contributed by atoms with Crippen LogP contribution >= 0.6 is 0 Å². The lowest BCUT2D eigenvalue weighted by Crippen LogP contribution is -2.65. The maximum absolute atomic E-state index is 5.60. The smallest absolute Gasteiger partial charge is 0.154 e. The molecule has 4 rings (SSSR count). The third kappa shape index (κ3) is 4.61. The summed E-state index contributed by atoms with van der Waals surface area (Å²) in [5, 5.41) is 4.27. The molecule has 0 bridgehead atoms. The van der Waals surface area contributed by atoms with E-state index in [1.807, 2.05) is 0 Å². The van der Waals surface area contributed by atoms with E-state index in [4.69, 9.17) is 4.74 Å². The van der Waals surface area contributed by atoms with Crippen molar-refractivity contribution in [1.82, 2.24) is 4.90 Å². The minimum absolute atomic E-state index is 0.0165. The molecule has 1 fully saturated rings. The highest BCUT2D eigenvalue weighted by Gasteiger charge is 2.50. The Morgan fingerprint density at radius 3 is 1.70 bits per heavy atom. The molecule has 0 unspecified atom stereocenters. The summed E-state index contributed by atoms with van der Waals surface area (Å²) in [6, 6.07) is 33.2. The first-order chi connectivity index (χ1) is 15.9. The molecule has 1 aliphatic rings. The Kier molecular flexibility index (Phi) is 7.01. The second-order valence-electron chi connectivity index (χ2n) is 9.75. The highest BCUT2D eigenvalue weighted by molar-refractivity contribution is 7.16. The van der Waals surface area contributed by atoms with E-state index in [0.29, 0.717) is 0 Å². The Bertz CT molecular complexity index is 1040. The average Bonchev–Trinajstić information content (AvgIpc) is 2.85. The third-order valence-corrected chi connectivity index (χ3v) is 12.6. The summed E-state index contributed by atoms with van der Waals surface area (Å²) in [4.78, 5) is 2.37. The van der Waals surface area contributed by atoms with Gasteiger partial charge in [0.2, 0.25) is 0 Å². The van der Waals surface area contributed by atoms with Crippen molar-refractivity contribution >= 4 is 23.6 Å². The first-order valence-corrected chi connectivity index (χ1v) is 13.8. The maximum atomic E-state index is 5.60. The molecule has 1 heterocycles. The summed E-state index contributed by atoms with van der Waals surface area (Å²) < 4.78 is 5.60. The Labute approximate surface area is 200 Å². The molecule has 3 aromatic carbocycles. The molecule has 33 heavy (non-hydrogen) atoms. The minimum atomic E-state index is -2.50. The van der Waals surface area contributed by atoms with Crippen LogP contribution in [0, 0.1) is 0 Å². The Morgan fingerprint density at radius 1 is 0.788 bits per heavy atom. The van der Waals surface area contributed by atoms with Gasteiger partial charge in [-0.1, -0.05) is 118 Å². The molecule has 170 valence electrons. The van der Waals surface area contributed by atoms with Crippen LogP contribution in [0.5, 0.6) is 0 Å². The number of hydrogen-bond acceptors (Lipinski definition) is 2. The molecule has 3 heteroatoms. The van der Waals surface area contributed by atoms with Gasteiger partial charge in [0.05, 0.1) is 13.2 Å². The highest BCUT2D eigenvalue weighted by Crippen LogP contribution is 2.44. The van der Waals surface area contributed by atoms with Crippen LogP contribution in [0.15, 0.2) is 109 Å². The van der Waals surface area contributed by atoms with Crippen LogP contribution in [-0.4, -0.2) is 39.3 Å². The molecular weight excluding hydrogens is 418 g/mol. The normalized spacial score (nSPS) is 15.4. The fourth-order valence-corrected chi connectivity index (χ4v) is 11.1. The van der Waals surface area contributed by atoms with Crippen LogP contribution in [0.1, 0.15) is 26.3 Å². The van der Waals surface area contributed by atoms with Crippen LogP contribution in [0.4, 0.5) is 0 Å². The Hall–Kier alpha value is -2.88. The summed E-state index contributed by atoms with van der Waals surface area (Å²) in [7, 11) is -2.50. The van der Waals surface area contributed by atoms with E-state index in [2.05, 4.69) is 129 Å². The molecule has 1 aliphatic heterocycles. The van der Waals surface area contributed by atoms with E-state index in [1.165, 1.54) is 21.1 Å². The molecule has 2 nitrogen and oxygen atoms in total. The SMILES string of the molecule is C=C(/C=C(\c1ccccc1)[Si](c1ccccc1)(c1ccccc1)C(C)(C)C)N1CCOCC1. The van der Waals surface area contributed by atoms with Crippen molar-refractivity contribution < 1.29 is 4.74 Å². The summed E-state index contributed by atoms with van der Waals surface area (Å²) in [6.45, 7) is 15.1. The first-order valence-electron chi connectivity index (χ1n) is 11.8. The second-order valence-corrected chi connectivity index (χ2v) is 14.4. The molecular formula is C30H35NOSi. The molecule has 0 saturated carbocycles. The third-order valence-electron chi connectivity index (χ3n) is 6.76. The number of nitrogens with zero attached hydrogens (tertiary/aromatic N) is 1. The standard InChI is InChI=1S/C30H35NOSi/c1-25(31-20-22-32-23-21-31)24-29(26-14-8-5-9-15-26)33(30(2,3)4,27-16-10-6-11-17-27)28-18-12-7-13-19-28/h5-19,24H,1,20-23H2,2-4H3/b29-24+. The first kappa shape index (κ1) is 23.3. The summed E-state index contributed by atoms with van der Waals surface area (Å²) >= 11 is 0. The van der Waals surface area contributed by atoms with Crippen molar-refractivity contribution in [2.24, 2.45) is 0 Å². The van der Waals surface area contributed by atoms with Crippen LogP contribution in [-0.2, 0) is 4.74 Å². The van der Waals surface area contributed by atoms with Gasteiger partial charge < -0.3 is 9.64 Å². The number of ether oxygens (including phenoxy) is 1. The summed E-state index contributed by atoms with van der Waals surface area (Å²) in [5.74, 6) is 0. The van der Waals surface area contributed by atoms with Gasteiger partial charge in [-0.05, 0) is 32.2 Å². The predicted molar refractivity (Wildman–Crippen MR) is 144 cm³/mol. The molecule has 1 saturated heterocycles. The zero-order valence-corrected chi connectivity index (χ0v) is 21.1. The van der Waals surface area contributed by atoms with E-state index >= 15 is 0 Å². The van der Waals surface area contributed by atoms with Crippen molar-refractivity contribution in [2.45, 2.75) is 25.8 Å². The van der Waals surface area contributed by atoms with Gasteiger partial charge in [0.15, 0.2) is 8.07 Å². The molecule has 0 aromatic heterocycles. The van der Waals surface area contributed by atoms with Crippen LogP contribution in [0.2, 0.25) is 5.04 Å². The summed E-state index contributed by atoms with van der Waals surface area (Å²) in [5.41, 5.74) is 2.35. The fourth-order valence-electron chi connectivity index (χ4n) is 5.26. The number of hydrogen-bond donors (Lipinski definition) is 0. The molecule has 0 amide bonds. The van der Waals surface area contributed by atoms with Gasteiger partial charge in [0.25, 0.3) is 0 Å². The van der Waals surface area contributed by atoms with E-state index < -0.39 is 8.07 Å². The zero-order chi connectivity index (χ0) is 23.3. The van der Waals surface area contributed by atoms with Crippen LogP contribution < -0.4 is 10.4 Å². The number of morpholine rings is 1. The van der Waals surface area contributed by atoms with E-state index in [-0.39, 0.29) is 5.04 Å². The van der Waals surface area contributed by atoms with Gasteiger partial charge in [-0.2, -0.15) is 0 Å². The highest BCUT2D eigenvalue weighted by atomic mass is 28.3. The van der Waals surface area contributed by atoms with Crippen molar-refractivity contribution in [3.63, 3.8) is 0 Å². The zero-order valence-electron chi connectivity index (χ0n) is 20.1. The van der Waals surface area contributed by atoms with Crippen molar-refractivity contribution in [2.75, 3.05) is 26.3 Å². The van der Waals surface area contributed by atoms with E-state index in [0.717, 1.165) is 32.0 Å². The van der Waals surface area contributed by atoms with E-state index in [9.17, 15) is 0 Å². The fraction of sp³-hybridized carbons (Fsp3) is 0.267. The van der Waals surface area contributed by atoms with Gasteiger partial charge >= 0.3 is 0 Å². The minimum Gasteiger partial charge on any atom is -0.378 e. The lowest BCUT2D eigenvalue weighted by Gasteiger charge is -2.46. The number of rotatable bonds is 6. The maximum Gasteiger partial charge on any atom is 0.154 e. The van der Waals surface area contributed by atoms with Crippen molar-refractivity contribution in [3.05, 3.63) is 115 Å². The van der Waals surface area contributed by atoms with E-state index in [1.54, 1.807) is 0 Å². The molecule has 0 aliphatic carbocycles. The Balaban J connectivity index is 2.04. The van der Waals surface area contributed by atoms with Gasteiger partial charge in [-0.3, -0.25) is 0 Å². The Morgan fingerprint density at radius 2 is 1.24 bits per heavy atom. The monoisotopic (exact) mass is 453 g/mol. The topological polar surface area (TPSA) is 12.5 Å². The number of benzene rings is 3. The number of allylic oxidation sites excluding steroid dienone is 1. The van der Waals surface area contributed by atoms with Crippen LogP contribution in [0.25, 0.3) is 5.20 Å². The van der Waals surface area contributed by atoms with Gasteiger partial charge in [0.1, 0.15) is 0 Å². The molecule has 3 aromatic rings. The van der Waals surface area contributed by atoms with Crippen molar-refractivity contribution in [3.8, 4) is 0 Å². The molecule has 0 atom stereocenters. The quantitative estimate of drug-likeness (QED) is 0.360. The van der Waals surface area contributed by atoms with Gasteiger partial charge in [0, 0.05) is 18.8 Å². The average molecular weight is 454 g/mol. The predicted octanol–water partition coefficient (Wildman–Crippen LogP) is 5.52.